The van der Waals surface area contributed by atoms with Gasteiger partial charge in [0.15, 0.2) is 0 Å². The summed E-state index contributed by atoms with van der Waals surface area (Å²) in [5.74, 6) is -1.09. The third-order valence-corrected chi connectivity index (χ3v) is 7.58. The lowest BCUT2D eigenvalue weighted by Gasteiger charge is -2.49. The molecule has 3 aromatic heterocycles. The van der Waals surface area contributed by atoms with Crippen LogP contribution in [0.25, 0.3) is 22.8 Å². The van der Waals surface area contributed by atoms with Gasteiger partial charge in [0.1, 0.15) is 23.6 Å². The molecular formula is C27H27F2N7O2. The molecule has 0 aliphatic heterocycles. The van der Waals surface area contributed by atoms with E-state index in [-0.39, 0.29) is 35.0 Å². The molecule has 5 rings (SSSR count). The molecule has 2 amide bonds. The number of benzene rings is 1. The van der Waals surface area contributed by atoms with Crippen LogP contribution in [0, 0.1) is 17.0 Å². The lowest BCUT2D eigenvalue weighted by atomic mass is 9.54. The standard InChI is InChI=1S/C27H27F2N7O2/c1-14-9-26(2,3)27(4,23-16(14)8-19(35-36-23)22-17(28)6-5-7-18(22)29)21-12-31-11-20(34-21)24-33-15(13-38-24)10-32-25(30)37/h5-8,11-14H,9-10H2,1-4H3,(H3,30,32,37)/t14-,27+/m1/s1. The minimum absolute atomic E-state index is 0.0559. The summed E-state index contributed by atoms with van der Waals surface area (Å²) in [5, 5.41) is 11.3. The predicted octanol–water partition coefficient (Wildman–Crippen LogP) is 4.87. The molecule has 0 radical (unpaired) electrons. The van der Waals surface area contributed by atoms with Crippen molar-refractivity contribution in [3.05, 3.63) is 77.2 Å². The number of nitrogens with one attached hydrogen (secondary N) is 1. The number of carbonyl (C=O) groups excluding carboxylic acids is 1. The number of fused-ring (bicyclic) bond motifs is 1. The summed E-state index contributed by atoms with van der Waals surface area (Å²) < 4.78 is 34.6. The van der Waals surface area contributed by atoms with Gasteiger partial charge in [-0.1, -0.05) is 26.8 Å². The summed E-state index contributed by atoms with van der Waals surface area (Å²) in [6.45, 7) is 8.47. The molecule has 9 nitrogen and oxygen atoms in total. The van der Waals surface area contributed by atoms with Crippen molar-refractivity contribution < 1.29 is 18.0 Å². The minimum Gasteiger partial charge on any atom is -0.443 e. The van der Waals surface area contributed by atoms with Crippen LogP contribution < -0.4 is 11.1 Å². The molecule has 1 aliphatic carbocycles. The Balaban J connectivity index is 1.60. The summed E-state index contributed by atoms with van der Waals surface area (Å²) in [6.07, 6.45) is 5.39. The number of hydrogen-bond acceptors (Lipinski definition) is 7. The van der Waals surface area contributed by atoms with Crippen LogP contribution in [0.5, 0.6) is 0 Å². The Morgan fingerprint density at radius 3 is 2.58 bits per heavy atom. The number of rotatable bonds is 5. The van der Waals surface area contributed by atoms with Gasteiger partial charge in [-0.05, 0) is 48.4 Å². The molecule has 4 aromatic rings. The van der Waals surface area contributed by atoms with Gasteiger partial charge >= 0.3 is 6.03 Å². The van der Waals surface area contributed by atoms with Gasteiger partial charge in [0.05, 0.1) is 46.5 Å². The van der Waals surface area contributed by atoms with Crippen molar-refractivity contribution in [2.75, 3.05) is 0 Å². The van der Waals surface area contributed by atoms with E-state index < -0.39 is 23.1 Å². The van der Waals surface area contributed by atoms with E-state index in [1.165, 1.54) is 24.5 Å². The molecular weight excluding hydrogens is 492 g/mol. The van der Waals surface area contributed by atoms with E-state index in [9.17, 15) is 13.6 Å². The summed E-state index contributed by atoms with van der Waals surface area (Å²) >= 11 is 0. The first-order valence-corrected chi connectivity index (χ1v) is 12.1. The lowest BCUT2D eigenvalue weighted by Crippen LogP contribution is -2.47. The van der Waals surface area contributed by atoms with Gasteiger partial charge in [0.25, 0.3) is 0 Å². The van der Waals surface area contributed by atoms with Crippen molar-refractivity contribution in [1.29, 1.82) is 0 Å². The zero-order valence-electron chi connectivity index (χ0n) is 21.4. The van der Waals surface area contributed by atoms with Crippen molar-refractivity contribution in [2.24, 2.45) is 11.1 Å². The van der Waals surface area contributed by atoms with E-state index in [2.05, 4.69) is 46.3 Å². The third kappa shape index (κ3) is 4.17. The van der Waals surface area contributed by atoms with E-state index >= 15 is 0 Å². The third-order valence-electron chi connectivity index (χ3n) is 7.58. The van der Waals surface area contributed by atoms with Gasteiger partial charge in [0, 0.05) is 6.20 Å². The van der Waals surface area contributed by atoms with Crippen LogP contribution in [0.1, 0.15) is 62.7 Å². The second-order valence-corrected chi connectivity index (χ2v) is 10.4. The van der Waals surface area contributed by atoms with Crippen LogP contribution in [-0.4, -0.2) is 31.2 Å². The highest BCUT2D eigenvalue weighted by Gasteiger charge is 2.52. The van der Waals surface area contributed by atoms with Gasteiger partial charge in [-0.15, -0.1) is 5.10 Å². The van der Waals surface area contributed by atoms with Gasteiger partial charge in [-0.25, -0.2) is 23.5 Å². The highest BCUT2D eigenvalue weighted by molar-refractivity contribution is 5.71. The number of amides is 2. The molecule has 0 saturated carbocycles. The highest BCUT2D eigenvalue weighted by atomic mass is 19.1. The SMILES string of the molecule is C[C@@H]1CC(C)(C)[C@@](C)(c2cncc(-c3nc(CNC(N)=O)co3)n2)c2nnc(-c3c(F)cccc3F)cc21. The molecule has 0 fully saturated rings. The van der Waals surface area contributed by atoms with Gasteiger partial charge in [-0.2, -0.15) is 5.10 Å². The molecule has 3 heterocycles. The maximum absolute atomic E-state index is 14.5. The van der Waals surface area contributed by atoms with E-state index in [1.54, 1.807) is 18.5 Å². The van der Waals surface area contributed by atoms with Crippen molar-refractivity contribution in [1.82, 2.24) is 30.5 Å². The van der Waals surface area contributed by atoms with Crippen LogP contribution in [0.4, 0.5) is 13.6 Å². The van der Waals surface area contributed by atoms with Gasteiger partial charge in [0.2, 0.25) is 5.89 Å². The number of aromatic nitrogens is 5. The Morgan fingerprint density at radius 2 is 1.87 bits per heavy atom. The number of halogens is 2. The molecule has 196 valence electrons. The molecule has 1 aliphatic rings. The second-order valence-electron chi connectivity index (χ2n) is 10.4. The predicted molar refractivity (Wildman–Crippen MR) is 135 cm³/mol. The topological polar surface area (TPSA) is 133 Å². The molecule has 0 spiro atoms. The fraction of sp³-hybridized carbons (Fsp3) is 0.333. The summed E-state index contributed by atoms with van der Waals surface area (Å²) in [5.41, 5.74) is 7.02. The fourth-order valence-corrected chi connectivity index (χ4v) is 5.30. The summed E-state index contributed by atoms with van der Waals surface area (Å²) in [7, 11) is 0. The van der Waals surface area contributed by atoms with Crippen LogP contribution in [0.3, 0.4) is 0 Å². The van der Waals surface area contributed by atoms with Crippen LogP contribution in [0.15, 0.2) is 47.3 Å². The Morgan fingerprint density at radius 1 is 1.13 bits per heavy atom. The lowest BCUT2D eigenvalue weighted by molar-refractivity contribution is 0.158. The first-order valence-electron chi connectivity index (χ1n) is 12.1. The first kappa shape index (κ1) is 25.4. The zero-order valence-corrected chi connectivity index (χ0v) is 21.4. The number of hydrogen-bond donors (Lipinski definition) is 2. The number of primary amides is 1. The van der Waals surface area contributed by atoms with Crippen molar-refractivity contribution in [3.63, 3.8) is 0 Å². The monoisotopic (exact) mass is 519 g/mol. The smallest absolute Gasteiger partial charge is 0.312 e. The van der Waals surface area contributed by atoms with E-state index in [0.717, 1.165) is 12.0 Å². The summed E-state index contributed by atoms with van der Waals surface area (Å²) in [6, 6.07) is 4.79. The highest BCUT2D eigenvalue weighted by Crippen LogP contribution is 2.56. The second kappa shape index (κ2) is 9.23. The Kier molecular flexibility index (Phi) is 6.16. The molecule has 0 saturated heterocycles. The first-order chi connectivity index (χ1) is 18.0. The average Bonchev–Trinajstić information content (AvgIpc) is 3.35. The number of urea groups is 1. The maximum Gasteiger partial charge on any atom is 0.312 e. The van der Waals surface area contributed by atoms with E-state index in [1.807, 2.05) is 6.92 Å². The molecule has 0 bridgehead atoms. The maximum atomic E-state index is 14.5. The molecule has 0 unspecified atom stereocenters. The fourth-order valence-electron chi connectivity index (χ4n) is 5.30. The minimum atomic E-state index is -0.750. The van der Waals surface area contributed by atoms with Crippen molar-refractivity contribution in [2.45, 2.75) is 52.0 Å². The van der Waals surface area contributed by atoms with Crippen LogP contribution >= 0.6 is 0 Å². The molecule has 1 aromatic carbocycles. The Bertz CT molecular complexity index is 1520. The number of carbonyl (C=O) groups is 1. The van der Waals surface area contributed by atoms with Crippen molar-refractivity contribution in [3.8, 4) is 22.8 Å². The van der Waals surface area contributed by atoms with Crippen LogP contribution in [0.2, 0.25) is 0 Å². The largest absolute Gasteiger partial charge is 0.443 e. The van der Waals surface area contributed by atoms with E-state index in [0.29, 0.717) is 22.8 Å². The molecule has 3 N–H and O–H groups in total. The van der Waals surface area contributed by atoms with Crippen LogP contribution in [-0.2, 0) is 12.0 Å². The Labute approximate surface area is 217 Å². The average molecular weight is 520 g/mol. The molecule has 38 heavy (non-hydrogen) atoms. The van der Waals surface area contributed by atoms with Crippen molar-refractivity contribution >= 4 is 6.03 Å². The summed E-state index contributed by atoms with van der Waals surface area (Å²) in [4.78, 5) is 24.7. The van der Waals surface area contributed by atoms with E-state index in [4.69, 9.17) is 15.1 Å². The normalized spacial score (nSPS) is 20.1. The Hall–Kier alpha value is -4.28. The molecule has 2 atom stereocenters. The number of oxazole rings is 1. The number of nitrogens with two attached hydrogens (primary N) is 1. The molecule has 11 heteroatoms. The van der Waals surface area contributed by atoms with Gasteiger partial charge < -0.3 is 15.5 Å². The quantitative estimate of drug-likeness (QED) is 0.384. The van der Waals surface area contributed by atoms with Gasteiger partial charge in [-0.3, -0.25) is 4.98 Å². The number of nitrogens with zero attached hydrogens (tertiary/aromatic N) is 5. The zero-order chi connectivity index (χ0) is 27.2.